The number of methoxy groups -OCH3 is 1. The number of amides is 1. The van der Waals surface area contributed by atoms with Gasteiger partial charge in [0.05, 0.1) is 12.7 Å². The average molecular weight is 335 g/mol. The van der Waals surface area contributed by atoms with E-state index in [1.54, 1.807) is 30.3 Å². The Morgan fingerprint density at radius 3 is 2.76 bits per heavy atom. The number of carbonyl (C=O) groups excluding carboxylic acids is 2. The molecule has 1 heterocycles. The third kappa shape index (κ3) is 3.95. The zero-order chi connectivity index (χ0) is 17.8. The van der Waals surface area contributed by atoms with Gasteiger partial charge in [-0.25, -0.2) is 4.79 Å². The van der Waals surface area contributed by atoms with Crippen molar-refractivity contribution in [3.63, 3.8) is 0 Å². The maximum Gasteiger partial charge on any atom is 0.337 e. The molecule has 0 fully saturated rings. The Bertz CT molecular complexity index is 969. The van der Waals surface area contributed by atoms with Crippen LogP contribution in [0.1, 0.15) is 21.7 Å². The van der Waals surface area contributed by atoms with E-state index in [0.717, 1.165) is 16.5 Å². The molecule has 0 bridgehead atoms. The Morgan fingerprint density at radius 2 is 1.96 bits per heavy atom. The van der Waals surface area contributed by atoms with Crippen LogP contribution >= 0.6 is 0 Å². The Morgan fingerprint density at radius 1 is 1.12 bits per heavy atom. The first-order valence-corrected chi connectivity index (χ1v) is 7.73. The standard InChI is InChI=1S/C20H17NO4/c1-13-6-8-18-15(10-13)12-17(25-18)7-9-19(22)21-16-5-3-4-14(11-16)20(23)24-2/h3-12H,1-2H3,(H,21,22)/b9-7+. The minimum absolute atomic E-state index is 0.321. The maximum atomic E-state index is 12.1. The number of anilines is 1. The molecule has 25 heavy (non-hydrogen) atoms. The molecular formula is C20H17NO4. The zero-order valence-electron chi connectivity index (χ0n) is 13.9. The van der Waals surface area contributed by atoms with Crippen molar-refractivity contribution >= 4 is 34.6 Å². The Kier molecular flexibility index (Phi) is 4.66. The summed E-state index contributed by atoms with van der Waals surface area (Å²) in [5.74, 6) is -0.179. The third-order valence-corrected chi connectivity index (χ3v) is 3.64. The van der Waals surface area contributed by atoms with Gasteiger partial charge in [-0.3, -0.25) is 4.79 Å². The predicted molar refractivity (Wildman–Crippen MR) is 96.4 cm³/mol. The van der Waals surface area contributed by atoms with Crippen LogP contribution in [0.4, 0.5) is 5.69 Å². The highest BCUT2D eigenvalue weighted by molar-refractivity contribution is 6.02. The molecule has 5 heteroatoms. The molecule has 0 atom stereocenters. The average Bonchev–Trinajstić information content (AvgIpc) is 3.01. The van der Waals surface area contributed by atoms with Gasteiger partial charge >= 0.3 is 5.97 Å². The number of nitrogens with one attached hydrogen (secondary N) is 1. The normalized spacial score (nSPS) is 11.0. The Hall–Kier alpha value is -3.34. The molecule has 1 amide bonds. The van der Waals surface area contributed by atoms with Crippen LogP contribution in [0.5, 0.6) is 0 Å². The van der Waals surface area contributed by atoms with Crippen LogP contribution in [0.25, 0.3) is 17.0 Å². The van der Waals surface area contributed by atoms with Crippen molar-refractivity contribution in [3.8, 4) is 0 Å². The second-order valence-electron chi connectivity index (χ2n) is 5.59. The molecule has 1 N–H and O–H groups in total. The largest absolute Gasteiger partial charge is 0.465 e. The molecule has 0 saturated carbocycles. The van der Waals surface area contributed by atoms with E-state index < -0.39 is 5.97 Å². The van der Waals surface area contributed by atoms with Gasteiger partial charge in [0.25, 0.3) is 0 Å². The number of esters is 1. The van der Waals surface area contributed by atoms with Gasteiger partial charge in [0.1, 0.15) is 11.3 Å². The van der Waals surface area contributed by atoms with Crippen molar-refractivity contribution < 1.29 is 18.7 Å². The fourth-order valence-electron chi connectivity index (χ4n) is 2.45. The monoisotopic (exact) mass is 335 g/mol. The lowest BCUT2D eigenvalue weighted by Crippen LogP contribution is -2.09. The van der Waals surface area contributed by atoms with E-state index in [4.69, 9.17) is 4.42 Å². The Labute approximate surface area is 144 Å². The second-order valence-corrected chi connectivity index (χ2v) is 5.59. The number of aryl methyl sites for hydroxylation is 1. The van der Waals surface area contributed by atoms with Crippen LogP contribution in [0.15, 0.2) is 59.0 Å². The smallest absolute Gasteiger partial charge is 0.337 e. The molecule has 3 rings (SSSR count). The summed E-state index contributed by atoms with van der Waals surface area (Å²) in [7, 11) is 1.31. The van der Waals surface area contributed by atoms with Crippen molar-refractivity contribution in [2.45, 2.75) is 6.92 Å². The first-order valence-electron chi connectivity index (χ1n) is 7.73. The highest BCUT2D eigenvalue weighted by atomic mass is 16.5. The molecule has 3 aromatic rings. The summed E-state index contributed by atoms with van der Waals surface area (Å²) >= 11 is 0. The molecule has 0 radical (unpaired) electrons. The van der Waals surface area contributed by atoms with Crippen molar-refractivity contribution in [3.05, 3.63) is 71.5 Å². The molecule has 2 aromatic carbocycles. The molecule has 0 aliphatic heterocycles. The second kappa shape index (κ2) is 7.05. The van der Waals surface area contributed by atoms with Crippen LogP contribution in [0.3, 0.4) is 0 Å². The Balaban J connectivity index is 1.71. The van der Waals surface area contributed by atoms with Gasteiger partial charge in [-0.2, -0.15) is 0 Å². The van der Waals surface area contributed by atoms with Crippen molar-refractivity contribution in [2.24, 2.45) is 0 Å². The molecule has 126 valence electrons. The van der Waals surface area contributed by atoms with Gasteiger partial charge in [0.15, 0.2) is 0 Å². The fourth-order valence-corrected chi connectivity index (χ4v) is 2.45. The number of carbonyl (C=O) groups is 2. The van der Waals surface area contributed by atoms with Gasteiger partial charge in [-0.1, -0.05) is 17.7 Å². The summed E-state index contributed by atoms with van der Waals surface area (Å²) in [6.07, 6.45) is 2.99. The minimum Gasteiger partial charge on any atom is -0.465 e. The number of hydrogen-bond donors (Lipinski definition) is 1. The maximum absolute atomic E-state index is 12.1. The quantitative estimate of drug-likeness (QED) is 0.574. The summed E-state index contributed by atoms with van der Waals surface area (Å²) in [6.45, 7) is 2.01. The molecule has 0 saturated heterocycles. The summed E-state index contributed by atoms with van der Waals surface area (Å²) in [5, 5.41) is 3.69. The van der Waals surface area contributed by atoms with E-state index in [2.05, 4.69) is 10.1 Å². The topological polar surface area (TPSA) is 68.5 Å². The number of furan rings is 1. The number of fused-ring (bicyclic) bond motifs is 1. The van der Waals surface area contributed by atoms with E-state index in [9.17, 15) is 9.59 Å². The van der Waals surface area contributed by atoms with Gasteiger partial charge in [-0.05, 0) is 49.4 Å². The van der Waals surface area contributed by atoms with Gasteiger partial charge < -0.3 is 14.5 Å². The van der Waals surface area contributed by atoms with E-state index in [0.29, 0.717) is 17.0 Å². The lowest BCUT2D eigenvalue weighted by atomic mass is 10.2. The summed E-state index contributed by atoms with van der Waals surface area (Å²) in [6, 6.07) is 14.3. The first kappa shape index (κ1) is 16.5. The van der Waals surface area contributed by atoms with Crippen LogP contribution in [-0.2, 0) is 9.53 Å². The van der Waals surface area contributed by atoms with Crippen molar-refractivity contribution in [1.82, 2.24) is 0 Å². The zero-order valence-corrected chi connectivity index (χ0v) is 13.9. The van der Waals surface area contributed by atoms with Crippen LogP contribution < -0.4 is 5.32 Å². The van der Waals surface area contributed by atoms with E-state index in [-0.39, 0.29) is 5.91 Å². The molecular weight excluding hydrogens is 318 g/mol. The van der Waals surface area contributed by atoms with E-state index >= 15 is 0 Å². The highest BCUT2D eigenvalue weighted by Gasteiger charge is 2.07. The van der Waals surface area contributed by atoms with Gasteiger partial charge in [0, 0.05) is 17.1 Å². The lowest BCUT2D eigenvalue weighted by molar-refractivity contribution is -0.111. The van der Waals surface area contributed by atoms with Crippen molar-refractivity contribution in [1.29, 1.82) is 0 Å². The fraction of sp³-hybridized carbons (Fsp3) is 0.100. The molecule has 5 nitrogen and oxygen atoms in total. The first-order chi connectivity index (χ1) is 12.0. The van der Waals surface area contributed by atoms with Crippen LogP contribution in [-0.4, -0.2) is 19.0 Å². The summed E-state index contributed by atoms with van der Waals surface area (Å²) < 4.78 is 10.3. The minimum atomic E-state index is -0.454. The molecule has 0 aliphatic rings. The SMILES string of the molecule is COC(=O)c1cccc(NC(=O)/C=C/c2cc3cc(C)ccc3o2)c1. The molecule has 0 unspecified atom stereocenters. The predicted octanol–water partition coefficient (Wildman–Crippen LogP) is 4.18. The number of benzene rings is 2. The van der Waals surface area contributed by atoms with E-state index in [1.807, 2.05) is 31.2 Å². The van der Waals surface area contributed by atoms with Gasteiger partial charge in [0.2, 0.25) is 5.91 Å². The van der Waals surface area contributed by atoms with Crippen LogP contribution in [0.2, 0.25) is 0 Å². The summed E-state index contributed by atoms with van der Waals surface area (Å²) in [5.41, 5.74) is 2.80. The molecule has 0 aliphatic carbocycles. The molecule has 0 spiro atoms. The van der Waals surface area contributed by atoms with E-state index in [1.165, 1.54) is 13.2 Å². The number of ether oxygens (including phenoxy) is 1. The van der Waals surface area contributed by atoms with Crippen molar-refractivity contribution in [2.75, 3.05) is 12.4 Å². The number of hydrogen-bond acceptors (Lipinski definition) is 4. The third-order valence-electron chi connectivity index (χ3n) is 3.64. The highest BCUT2D eigenvalue weighted by Crippen LogP contribution is 2.21. The van der Waals surface area contributed by atoms with Crippen LogP contribution in [0, 0.1) is 6.92 Å². The molecule has 1 aromatic heterocycles. The lowest BCUT2D eigenvalue weighted by Gasteiger charge is -2.04. The summed E-state index contributed by atoms with van der Waals surface area (Å²) in [4.78, 5) is 23.6. The number of rotatable bonds is 4. The van der Waals surface area contributed by atoms with Gasteiger partial charge in [-0.15, -0.1) is 0 Å².